The van der Waals surface area contributed by atoms with Crippen LogP contribution in [0.5, 0.6) is 0 Å². The number of ketones is 1. The summed E-state index contributed by atoms with van der Waals surface area (Å²) in [5.41, 5.74) is 0.538. The quantitative estimate of drug-likeness (QED) is 0.520. The van der Waals surface area contributed by atoms with Gasteiger partial charge in [0.05, 0.1) is 11.4 Å². The van der Waals surface area contributed by atoms with E-state index in [0.29, 0.717) is 10.2 Å². The van der Waals surface area contributed by atoms with Crippen LogP contribution in [0.4, 0.5) is 0 Å². The summed E-state index contributed by atoms with van der Waals surface area (Å²) in [4.78, 5) is 34.2. The number of carbonyl (C=O) groups is 1. The predicted octanol–water partition coefficient (Wildman–Crippen LogP) is 2.32. The summed E-state index contributed by atoms with van der Waals surface area (Å²) in [6.45, 7) is 3.94. The highest BCUT2D eigenvalue weighted by Gasteiger charge is 2.11. The van der Waals surface area contributed by atoms with Crippen molar-refractivity contribution in [3.05, 3.63) is 38.7 Å². The molecule has 2 rings (SSSR count). The molecule has 2 aromatic rings. The summed E-state index contributed by atoms with van der Waals surface area (Å²) in [5, 5.41) is 2.72. The molecule has 2 heterocycles. The summed E-state index contributed by atoms with van der Waals surface area (Å²) in [7, 11) is 0. The molecule has 0 aliphatic carbocycles. The average Bonchev–Trinajstić information content (AvgIpc) is 2.89. The highest BCUT2D eigenvalue weighted by Crippen LogP contribution is 2.17. The fourth-order valence-electron chi connectivity index (χ4n) is 1.37. The highest BCUT2D eigenvalue weighted by atomic mass is 32.2. The highest BCUT2D eigenvalue weighted by molar-refractivity contribution is 7.99. The zero-order valence-electron chi connectivity index (χ0n) is 10.5. The molecular formula is C12H13N3O2S2. The van der Waals surface area contributed by atoms with E-state index >= 15 is 0 Å². The second-order valence-electron chi connectivity index (χ2n) is 4.18. The van der Waals surface area contributed by atoms with E-state index in [1.807, 2.05) is 13.8 Å². The number of thioether (sulfide) groups is 1. The largest absolute Gasteiger partial charge is 0.301 e. The van der Waals surface area contributed by atoms with Crippen LogP contribution in [0.1, 0.15) is 35.3 Å². The Bertz CT molecular complexity index is 620. The minimum absolute atomic E-state index is 0.0578. The van der Waals surface area contributed by atoms with E-state index in [4.69, 9.17) is 0 Å². The van der Waals surface area contributed by atoms with Crippen molar-refractivity contribution < 1.29 is 4.79 Å². The lowest BCUT2D eigenvalue weighted by Gasteiger charge is -2.05. The van der Waals surface area contributed by atoms with Crippen molar-refractivity contribution in [2.24, 2.45) is 0 Å². The number of carbonyl (C=O) groups excluding carboxylic acids is 1. The van der Waals surface area contributed by atoms with Crippen molar-refractivity contribution in [1.82, 2.24) is 15.0 Å². The summed E-state index contributed by atoms with van der Waals surface area (Å²) >= 11 is 2.53. The summed E-state index contributed by atoms with van der Waals surface area (Å²) in [6.07, 6.45) is 1.60. The van der Waals surface area contributed by atoms with Gasteiger partial charge in [-0.2, -0.15) is 0 Å². The van der Waals surface area contributed by atoms with Crippen molar-refractivity contribution in [1.29, 1.82) is 0 Å². The molecule has 0 unspecified atom stereocenters. The first-order chi connectivity index (χ1) is 9.06. The predicted molar refractivity (Wildman–Crippen MR) is 76.1 cm³/mol. The van der Waals surface area contributed by atoms with Crippen LogP contribution < -0.4 is 5.56 Å². The monoisotopic (exact) mass is 295 g/mol. The topological polar surface area (TPSA) is 75.7 Å². The van der Waals surface area contributed by atoms with Crippen LogP contribution in [0.3, 0.4) is 0 Å². The van der Waals surface area contributed by atoms with Crippen molar-refractivity contribution in [3.8, 4) is 0 Å². The third kappa shape index (κ3) is 3.74. The van der Waals surface area contributed by atoms with Gasteiger partial charge in [-0.3, -0.25) is 9.59 Å². The van der Waals surface area contributed by atoms with Crippen LogP contribution in [0.15, 0.2) is 27.6 Å². The van der Waals surface area contributed by atoms with Crippen LogP contribution in [0.25, 0.3) is 0 Å². The fourth-order valence-corrected chi connectivity index (χ4v) is 2.79. The molecule has 0 aliphatic rings. The van der Waals surface area contributed by atoms with E-state index < -0.39 is 0 Å². The minimum Gasteiger partial charge on any atom is -0.301 e. The molecular weight excluding hydrogens is 282 g/mol. The Hall–Kier alpha value is -1.47. The Kier molecular flexibility index (Phi) is 4.49. The normalized spacial score (nSPS) is 10.9. The van der Waals surface area contributed by atoms with E-state index in [0.717, 1.165) is 5.69 Å². The lowest BCUT2D eigenvalue weighted by Crippen LogP contribution is -2.12. The number of aromatic nitrogens is 3. The molecule has 0 saturated heterocycles. The van der Waals surface area contributed by atoms with Gasteiger partial charge in [-0.25, -0.2) is 9.97 Å². The van der Waals surface area contributed by atoms with Crippen molar-refractivity contribution in [2.75, 3.05) is 5.75 Å². The second kappa shape index (κ2) is 6.12. The fraction of sp³-hybridized carbons (Fsp3) is 0.333. The van der Waals surface area contributed by atoms with E-state index in [1.165, 1.54) is 29.2 Å². The average molecular weight is 295 g/mol. The molecule has 0 aromatic carbocycles. The molecule has 0 amide bonds. The summed E-state index contributed by atoms with van der Waals surface area (Å²) in [5.74, 6) is 0.340. The van der Waals surface area contributed by atoms with E-state index in [1.54, 1.807) is 11.6 Å². The van der Waals surface area contributed by atoms with Gasteiger partial charge in [-0.05, 0) is 5.92 Å². The lowest BCUT2D eigenvalue weighted by molar-refractivity contribution is 0.102. The van der Waals surface area contributed by atoms with Gasteiger partial charge in [-0.1, -0.05) is 25.6 Å². The second-order valence-corrected chi connectivity index (χ2v) is 6.04. The van der Waals surface area contributed by atoms with Gasteiger partial charge in [0.25, 0.3) is 5.56 Å². The van der Waals surface area contributed by atoms with Crippen molar-refractivity contribution in [3.63, 3.8) is 0 Å². The Morgan fingerprint density at radius 3 is 2.95 bits per heavy atom. The molecule has 2 aromatic heterocycles. The number of H-pyrrole nitrogens is 1. The molecule has 19 heavy (non-hydrogen) atoms. The van der Waals surface area contributed by atoms with Gasteiger partial charge in [0.1, 0.15) is 0 Å². The third-order valence-corrected chi connectivity index (χ3v) is 4.03. The van der Waals surface area contributed by atoms with Crippen LogP contribution in [0, 0.1) is 0 Å². The molecule has 0 radical (unpaired) electrons. The van der Waals surface area contributed by atoms with Gasteiger partial charge in [0.2, 0.25) is 5.78 Å². The molecule has 0 atom stereocenters. The van der Waals surface area contributed by atoms with Gasteiger partial charge in [0.15, 0.2) is 10.2 Å². The number of hydrogen-bond donors (Lipinski definition) is 1. The smallest absolute Gasteiger partial charge is 0.251 e. The Morgan fingerprint density at radius 1 is 1.53 bits per heavy atom. The maximum absolute atomic E-state index is 11.8. The minimum atomic E-state index is -0.192. The lowest BCUT2D eigenvalue weighted by atomic mass is 10.1. The number of rotatable bonds is 5. The number of hydrogen-bond acceptors (Lipinski definition) is 6. The number of thiazole rings is 1. The van der Waals surface area contributed by atoms with Gasteiger partial charge in [0, 0.05) is 17.6 Å². The first kappa shape index (κ1) is 14.0. The molecule has 0 fully saturated rings. The molecule has 100 valence electrons. The van der Waals surface area contributed by atoms with Gasteiger partial charge in [-0.15, -0.1) is 11.3 Å². The van der Waals surface area contributed by atoms with E-state index in [2.05, 4.69) is 15.0 Å². The molecule has 5 nitrogen and oxygen atoms in total. The van der Waals surface area contributed by atoms with Crippen molar-refractivity contribution in [2.45, 2.75) is 24.9 Å². The Labute approximate surface area is 118 Å². The summed E-state index contributed by atoms with van der Waals surface area (Å²) < 4.78 is 0. The molecule has 0 bridgehead atoms. The number of Topliss-reactive ketones (excluding diaryl/α,β-unsaturated/α-hetero) is 1. The van der Waals surface area contributed by atoms with Crippen molar-refractivity contribution >= 4 is 28.9 Å². The maximum atomic E-state index is 11.8. The standard InChI is InChI=1S/C12H13N3O2S2/c1-7(2)8-5-10(17)15-12(14-8)19-6-9(16)11-13-3-4-18-11/h3-5,7H,6H2,1-2H3,(H,14,15,17). The molecule has 1 N–H and O–H groups in total. The molecule has 0 saturated carbocycles. The van der Waals surface area contributed by atoms with Gasteiger partial charge < -0.3 is 4.98 Å². The van der Waals surface area contributed by atoms with Crippen LogP contribution in [-0.2, 0) is 0 Å². The SMILES string of the molecule is CC(C)c1cc(=O)[nH]c(SCC(=O)c2nccs2)n1. The Morgan fingerprint density at radius 2 is 2.32 bits per heavy atom. The van der Waals surface area contributed by atoms with Crippen LogP contribution >= 0.6 is 23.1 Å². The maximum Gasteiger partial charge on any atom is 0.251 e. The van der Waals surface area contributed by atoms with E-state index in [9.17, 15) is 9.59 Å². The van der Waals surface area contributed by atoms with Crippen LogP contribution in [-0.4, -0.2) is 26.5 Å². The zero-order chi connectivity index (χ0) is 13.8. The Balaban J connectivity index is 2.07. The first-order valence-corrected chi connectivity index (χ1v) is 7.59. The first-order valence-electron chi connectivity index (χ1n) is 5.73. The van der Waals surface area contributed by atoms with E-state index in [-0.39, 0.29) is 23.0 Å². The molecule has 0 aliphatic heterocycles. The number of nitrogens with one attached hydrogen (secondary N) is 1. The van der Waals surface area contributed by atoms with Gasteiger partial charge >= 0.3 is 0 Å². The third-order valence-electron chi connectivity index (χ3n) is 2.34. The zero-order valence-corrected chi connectivity index (χ0v) is 12.2. The molecule has 0 spiro atoms. The molecule has 7 heteroatoms. The van der Waals surface area contributed by atoms with Crippen LogP contribution in [0.2, 0.25) is 0 Å². The summed E-state index contributed by atoms with van der Waals surface area (Å²) in [6, 6.07) is 1.48. The number of aromatic amines is 1. The number of nitrogens with zero attached hydrogens (tertiary/aromatic N) is 2.